The van der Waals surface area contributed by atoms with Crippen LogP contribution in [0, 0.1) is 11.3 Å². The van der Waals surface area contributed by atoms with Gasteiger partial charge in [0.05, 0.1) is 17.6 Å². The van der Waals surface area contributed by atoms with E-state index in [0.717, 1.165) is 0 Å². The Bertz CT molecular complexity index is 240. The molecule has 5 heteroatoms. The van der Waals surface area contributed by atoms with Crippen LogP contribution in [0.25, 0.3) is 0 Å². The third-order valence-corrected chi connectivity index (χ3v) is 3.18. The van der Waals surface area contributed by atoms with Crippen LogP contribution in [0.4, 0.5) is 0 Å². The van der Waals surface area contributed by atoms with E-state index in [-0.39, 0.29) is 31.0 Å². The summed E-state index contributed by atoms with van der Waals surface area (Å²) in [7, 11) is -3.03. The highest BCUT2D eigenvalue weighted by Crippen LogP contribution is 1.98. The standard InChI is InChI=1S/C7H13NO3S/c8-4-1-2-6-12(10,11)7-3-5-9/h9H,1-3,5-7H2. The van der Waals surface area contributed by atoms with Gasteiger partial charge in [-0.3, -0.25) is 0 Å². The van der Waals surface area contributed by atoms with Crippen LogP contribution in [0.2, 0.25) is 0 Å². The lowest BCUT2D eigenvalue weighted by Crippen LogP contribution is -2.11. The van der Waals surface area contributed by atoms with Gasteiger partial charge in [0.15, 0.2) is 0 Å². The average Bonchev–Trinajstić information content (AvgIpc) is 2.01. The maximum Gasteiger partial charge on any atom is 0.150 e. The molecule has 0 aliphatic rings. The first-order chi connectivity index (χ1) is 5.62. The zero-order valence-corrected chi connectivity index (χ0v) is 7.68. The lowest BCUT2D eigenvalue weighted by molar-refractivity contribution is 0.295. The molecule has 0 spiro atoms. The van der Waals surface area contributed by atoms with Gasteiger partial charge in [0, 0.05) is 13.0 Å². The van der Waals surface area contributed by atoms with Crippen molar-refractivity contribution in [2.24, 2.45) is 0 Å². The number of nitriles is 1. The highest BCUT2D eigenvalue weighted by Gasteiger charge is 2.08. The Morgan fingerprint density at radius 1 is 1.25 bits per heavy atom. The van der Waals surface area contributed by atoms with E-state index < -0.39 is 9.84 Å². The van der Waals surface area contributed by atoms with Crippen LogP contribution in [-0.4, -0.2) is 31.6 Å². The van der Waals surface area contributed by atoms with Crippen molar-refractivity contribution in [3.8, 4) is 6.07 Å². The number of aliphatic hydroxyl groups excluding tert-OH is 1. The molecule has 70 valence electrons. The molecular formula is C7H13NO3S. The fraction of sp³-hybridized carbons (Fsp3) is 0.857. The van der Waals surface area contributed by atoms with Crippen LogP contribution in [-0.2, 0) is 9.84 Å². The molecule has 0 saturated carbocycles. The van der Waals surface area contributed by atoms with Crippen molar-refractivity contribution >= 4 is 9.84 Å². The Kier molecular flexibility index (Phi) is 5.68. The summed E-state index contributed by atoms with van der Waals surface area (Å²) in [5, 5.41) is 16.5. The van der Waals surface area contributed by atoms with Crippen LogP contribution in [0.15, 0.2) is 0 Å². The maximum absolute atomic E-state index is 11.0. The van der Waals surface area contributed by atoms with Crippen LogP contribution in [0.1, 0.15) is 19.3 Å². The monoisotopic (exact) mass is 191 g/mol. The molecule has 0 heterocycles. The summed E-state index contributed by atoms with van der Waals surface area (Å²) in [6.07, 6.45) is 0.956. The second-order valence-electron chi connectivity index (χ2n) is 2.49. The minimum absolute atomic E-state index is 0.0227. The van der Waals surface area contributed by atoms with Gasteiger partial charge in [-0.1, -0.05) is 0 Å². The summed E-state index contributed by atoms with van der Waals surface area (Å²) < 4.78 is 22.1. The van der Waals surface area contributed by atoms with Gasteiger partial charge in [-0.25, -0.2) is 8.42 Å². The van der Waals surface area contributed by atoms with Crippen molar-refractivity contribution in [2.45, 2.75) is 19.3 Å². The molecule has 12 heavy (non-hydrogen) atoms. The molecule has 0 amide bonds. The maximum atomic E-state index is 11.0. The molecule has 0 aliphatic carbocycles. The largest absolute Gasteiger partial charge is 0.396 e. The Hall–Kier alpha value is -0.600. The summed E-state index contributed by atoms with van der Waals surface area (Å²) in [4.78, 5) is 0. The summed E-state index contributed by atoms with van der Waals surface area (Å²) >= 11 is 0. The first kappa shape index (κ1) is 11.4. The van der Waals surface area contributed by atoms with Gasteiger partial charge in [0.2, 0.25) is 0 Å². The molecular weight excluding hydrogens is 178 g/mol. The van der Waals surface area contributed by atoms with Gasteiger partial charge in [-0.15, -0.1) is 0 Å². The fourth-order valence-corrected chi connectivity index (χ4v) is 2.11. The molecule has 0 atom stereocenters. The van der Waals surface area contributed by atoms with Crippen molar-refractivity contribution < 1.29 is 13.5 Å². The van der Waals surface area contributed by atoms with Gasteiger partial charge in [0.1, 0.15) is 9.84 Å². The van der Waals surface area contributed by atoms with Crippen molar-refractivity contribution in [1.82, 2.24) is 0 Å². The summed E-state index contributed by atoms with van der Waals surface area (Å²) in [5.41, 5.74) is 0. The third kappa shape index (κ3) is 6.13. The molecule has 0 aromatic heterocycles. The first-order valence-electron chi connectivity index (χ1n) is 3.80. The lowest BCUT2D eigenvalue weighted by atomic mass is 10.4. The van der Waals surface area contributed by atoms with Crippen molar-refractivity contribution in [1.29, 1.82) is 5.26 Å². The zero-order chi connectivity index (χ0) is 9.45. The van der Waals surface area contributed by atoms with E-state index in [1.807, 2.05) is 6.07 Å². The number of hydrogen-bond donors (Lipinski definition) is 1. The number of sulfone groups is 1. The Morgan fingerprint density at radius 2 is 1.83 bits per heavy atom. The Labute approximate surface area is 72.7 Å². The minimum Gasteiger partial charge on any atom is -0.396 e. The third-order valence-electron chi connectivity index (χ3n) is 1.36. The van der Waals surface area contributed by atoms with Crippen molar-refractivity contribution in [3.05, 3.63) is 0 Å². The number of unbranched alkanes of at least 4 members (excludes halogenated alkanes) is 1. The molecule has 0 rings (SSSR count). The molecule has 0 fully saturated rings. The molecule has 0 bridgehead atoms. The zero-order valence-electron chi connectivity index (χ0n) is 6.86. The molecule has 1 N–H and O–H groups in total. The SMILES string of the molecule is N#CCCCS(=O)(=O)CCCO. The normalized spacial score (nSPS) is 11.0. The van der Waals surface area contributed by atoms with E-state index in [9.17, 15) is 8.42 Å². The number of nitrogens with zero attached hydrogens (tertiary/aromatic N) is 1. The minimum atomic E-state index is -3.03. The number of rotatable bonds is 6. The highest BCUT2D eigenvalue weighted by atomic mass is 32.2. The summed E-state index contributed by atoms with van der Waals surface area (Å²) in [5.74, 6) is 0.0789. The van der Waals surface area contributed by atoms with Crippen LogP contribution in [0.3, 0.4) is 0 Å². The van der Waals surface area contributed by atoms with Gasteiger partial charge >= 0.3 is 0 Å². The van der Waals surface area contributed by atoms with Gasteiger partial charge < -0.3 is 5.11 Å². The Morgan fingerprint density at radius 3 is 2.33 bits per heavy atom. The molecule has 0 unspecified atom stereocenters. The van der Waals surface area contributed by atoms with Crippen LogP contribution < -0.4 is 0 Å². The van der Waals surface area contributed by atoms with E-state index in [4.69, 9.17) is 10.4 Å². The predicted molar refractivity (Wildman–Crippen MR) is 45.2 cm³/mol. The smallest absolute Gasteiger partial charge is 0.150 e. The number of aliphatic hydroxyl groups is 1. The predicted octanol–water partition coefficient (Wildman–Crippen LogP) is 0.0874. The first-order valence-corrected chi connectivity index (χ1v) is 5.63. The molecule has 0 saturated heterocycles. The van der Waals surface area contributed by atoms with E-state index >= 15 is 0 Å². The fourth-order valence-electron chi connectivity index (χ4n) is 0.758. The van der Waals surface area contributed by atoms with Crippen LogP contribution >= 0.6 is 0 Å². The van der Waals surface area contributed by atoms with Crippen LogP contribution in [0.5, 0.6) is 0 Å². The van der Waals surface area contributed by atoms with Crippen molar-refractivity contribution in [2.75, 3.05) is 18.1 Å². The second-order valence-corrected chi connectivity index (χ2v) is 4.79. The van der Waals surface area contributed by atoms with E-state index in [1.54, 1.807) is 0 Å². The topological polar surface area (TPSA) is 78.2 Å². The van der Waals surface area contributed by atoms with E-state index in [2.05, 4.69) is 0 Å². The highest BCUT2D eigenvalue weighted by molar-refractivity contribution is 7.91. The summed E-state index contributed by atoms with van der Waals surface area (Å²) in [6.45, 7) is -0.0997. The van der Waals surface area contributed by atoms with Gasteiger partial charge in [-0.05, 0) is 12.8 Å². The van der Waals surface area contributed by atoms with E-state index in [0.29, 0.717) is 6.42 Å². The molecule has 0 radical (unpaired) electrons. The average molecular weight is 191 g/mol. The lowest BCUT2D eigenvalue weighted by Gasteiger charge is -1.99. The Balaban J connectivity index is 3.67. The molecule has 0 aromatic carbocycles. The quantitative estimate of drug-likeness (QED) is 0.603. The number of hydrogen-bond acceptors (Lipinski definition) is 4. The molecule has 4 nitrogen and oxygen atoms in total. The van der Waals surface area contributed by atoms with Crippen molar-refractivity contribution in [3.63, 3.8) is 0 Å². The summed E-state index contributed by atoms with van der Waals surface area (Å²) in [6, 6.07) is 1.88. The second kappa shape index (κ2) is 5.98. The van der Waals surface area contributed by atoms with Gasteiger partial charge in [-0.2, -0.15) is 5.26 Å². The molecule has 0 aromatic rings. The molecule has 0 aliphatic heterocycles. The van der Waals surface area contributed by atoms with E-state index in [1.165, 1.54) is 0 Å². The van der Waals surface area contributed by atoms with Gasteiger partial charge in [0.25, 0.3) is 0 Å².